The second-order valence-electron chi connectivity index (χ2n) is 4.68. The molecule has 0 fully saturated rings. The third kappa shape index (κ3) is 4.02. The highest BCUT2D eigenvalue weighted by Gasteiger charge is 2.18. The Morgan fingerprint density at radius 1 is 1.00 bits per heavy atom. The predicted molar refractivity (Wildman–Crippen MR) is 79.0 cm³/mol. The van der Waals surface area contributed by atoms with Crippen LogP contribution in [-0.2, 0) is 4.74 Å². The van der Waals surface area contributed by atoms with Gasteiger partial charge in [0.15, 0.2) is 11.5 Å². The number of ether oxygens (including phenoxy) is 4. The van der Waals surface area contributed by atoms with Gasteiger partial charge in [0.05, 0.1) is 40.1 Å². The van der Waals surface area contributed by atoms with Crippen LogP contribution >= 0.6 is 0 Å². The van der Waals surface area contributed by atoms with E-state index >= 15 is 0 Å². The molecule has 5 nitrogen and oxygen atoms in total. The first kappa shape index (κ1) is 16.6. The monoisotopic (exact) mass is 283 g/mol. The van der Waals surface area contributed by atoms with Crippen molar-refractivity contribution in [3.8, 4) is 17.2 Å². The van der Waals surface area contributed by atoms with Gasteiger partial charge in [-0.15, -0.1) is 0 Å². The van der Waals surface area contributed by atoms with Gasteiger partial charge in [0, 0.05) is 0 Å². The highest BCUT2D eigenvalue weighted by molar-refractivity contribution is 5.54. The smallest absolute Gasteiger partial charge is 0.203 e. The number of hydrogen-bond donors (Lipinski definition) is 1. The molecule has 0 heterocycles. The lowest BCUT2D eigenvalue weighted by Gasteiger charge is -2.21. The quantitative estimate of drug-likeness (QED) is 0.794. The Kier molecular flexibility index (Phi) is 6.61. The minimum Gasteiger partial charge on any atom is -0.493 e. The fourth-order valence-corrected chi connectivity index (χ4v) is 1.94. The molecular weight excluding hydrogens is 258 g/mol. The minimum atomic E-state index is 0.0612. The fourth-order valence-electron chi connectivity index (χ4n) is 1.94. The summed E-state index contributed by atoms with van der Waals surface area (Å²) >= 11 is 0. The van der Waals surface area contributed by atoms with Gasteiger partial charge in [-0.25, -0.2) is 0 Å². The number of benzene rings is 1. The Balaban J connectivity index is 3.09. The molecule has 1 rings (SSSR count). The topological polar surface area (TPSA) is 49.0 Å². The van der Waals surface area contributed by atoms with Gasteiger partial charge in [-0.2, -0.15) is 0 Å². The predicted octanol–water partition coefficient (Wildman–Crippen LogP) is 2.40. The van der Waals surface area contributed by atoms with E-state index in [1.54, 1.807) is 21.3 Å². The summed E-state index contributed by atoms with van der Waals surface area (Å²) in [6, 6.07) is 3.93. The minimum absolute atomic E-state index is 0.0612. The first-order valence-corrected chi connectivity index (χ1v) is 6.66. The molecule has 20 heavy (non-hydrogen) atoms. The zero-order valence-electron chi connectivity index (χ0n) is 13.1. The van der Waals surface area contributed by atoms with Gasteiger partial charge in [0.2, 0.25) is 5.75 Å². The van der Waals surface area contributed by atoms with Crippen LogP contribution in [0.15, 0.2) is 12.1 Å². The van der Waals surface area contributed by atoms with Gasteiger partial charge in [0.25, 0.3) is 0 Å². The van der Waals surface area contributed by atoms with E-state index in [0.717, 1.165) is 5.56 Å². The van der Waals surface area contributed by atoms with Gasteiger partial charge in [0.1, 0.15) is 0 Å². The SMILES string of the molecule is CNC(COC(C)C)c1cc(OC)c(OC)c(OC)c1. The molecule has 1 atom stereocenters. The highest BCUT2D eigenvalue weighted by atomic mass is 16.5. The van der Waals surface area contributed by atoms with E-state index in [0.29, 0.717) is 23.9 Å². The van der Waals surface area contributed by atoms with E-state index in [1.165, 1.54) is 0 Å². The van der Waals surface area contributed by atoms with Gasteiger partial charge in [-0.05, 0) is 38.6 Å². The molecule has 0 saturated heterocycles. The second-order valence-corrected chi connectivity index (χ2v) is 4.68. The lowest BCUT2D eigenvalue weighted by molar-refractivity contribution is 0.0625. The van der Waals surface area contributed by atoms with Crippen molar-refractivity contribution in [2.24, 2.45) is 0 Å². The maximum absolute atomic E-state index is 5.68. The van der Waals surface area contributed by atoms with Crippen molar-refractivity contribution < 1.29 is 18.9 Å². The average Bonchev–Trinajstić information content (AvgIpc) is 2.46. The van der Waals surface area contributed by atoms with Crippen molar-refractivity contribution in [2.45, 2.75) is 26.0 Å². The molecule has 0 saturated carbocycles. The molecule has 114 valence electrons. The molecule has 0 aliphatic carbocycles. The average molecular weight is 283 g/mol. The fraction of sp³-hybridized carbons (Fsp3) is 0.600. The van der Waals surface area contributed by atoms with Crippen LogP contribution < -0.4 is 19.5 Å². The summed E-state index contributed by atoms with van der Waals surface area (Å²) in [7, 11) is 6.72. The molecule has 5 heteroatoms. The molecular formula is C15H25NO4. The Labute approximate surface area is 121 Å². The van der Waals surface area contributed by atoms with Crippen LogP contribution in [0.5, 0.6) is 17.2 Å². The summed E-state index contributed by atoms with van der Waals surface area (Å²) in [5.41, 5.74) is 1.03. The number of hydrogen-bond acceptors (Lipinski definition) is 5. The summed E-state index contributed by atoms with van der Waals surface area (Å²) in [6.07, 6.45) is 0.188. The molecule has 0 radical (unpaired) electrons. The van der Waals surface area contributed by atoms with Crippen LogP contribution in [0.4, 0.5) is 0 Å². The number of rotatable bonds is 8. The molecule has 0 bridgehead atoms. The molecule has 1 aromatic rings. The summed E-state index contributed by atoms with van der Waals surface area (Å²) in [5.74, 6) is 1.89. The van der Waals surface area contributed by atoms with Crippen molar-refractivity contribution in [3.05, 3.63) is 17.7 Å². The summed E-state index contributed by atoms with van der Waals surface area (Å²) in [5, 5.41) is 3.24. The van der Waals surface area contributed by atoms with Crippen LogP contribution in [0, 0.1) is 0 Å². The Bertz CT molecular complexity index is 395. The largest absolute Gasteiger partial charge is 0.493 e. The van der Waals surface area contributed by atoms with Crippen molar-refractivity contribution in [1.29, 1.82) is 0 Å². The molecule has 1 aromatic carbocycles. The zero-order valence-corrected chi connectivity index (χ0v) is 13.1. The number of nitrogens with one attached hydrogen (secondary N) is 1. The molecule has 1 unspecified atom stereocenters. The Hall–Kier alpha value is -1.46. The van der Waals surface area contributed by atoms with Crippen molar-refractivity contribution in [3.63, 3.8) is 0 Å². The second kappa shape index (κ2) is 7.97. The van der Waals surface area contributed by atoms with E-state index in [1.807, 2.05) is 33.0 Å². The molecule has 0 aromatic heterocycles. The lowest BCUT2D eigenvalue weighted by atomic mass is 10.1. The van der Waals surface area contributed by atoms with Crippen LogP contribution in [0.2, 0.25) is 0 Å². The maximum Gasteiger partial charge on any atom is 0.203 e. The standard InChI is InChI=1S/C15H25NO4/c1-10(2)20-9-12(16-3)11-7-13(17-4)15(19-6)14(8-11)18-5/h7-8,10,12,16H,9H2,1-6H3. The summed E-state index contributed by atoms with van der Waals surface area (Å²) < 4.78 is 21.7. The normalized spacial score (nSPS) is 12.3. The van der Waals surface area contributed by atoms with Crippen molar-refractivity contribution in [1.82, 2.24) is 5.32 Å². The van der Waals surface area contributed by atoms with Gasteiger partial charge in [-0.1, -0.05) is 0 Å². The first-order valence-electron chi connectivity index (χ1n) is 6.66. The van der Waals surface area contributed by atoms with Crippen molar-refractivity contribution >= 4 is 0 Å². The molecule has 0 amide bonds. The number of methoxy groups -OCH3 is 3. The molecule has 0 spiro atoms. The van der Waals surface area contributed by atoms with E-state index < -0.39 is 0 Å². The van der Waals surface area contributed by atoms with Gasteiger partial charge in [-0.3, -0.25) is 0 Å². The van der Waals surface area contributed by atoms with Crippen molar-refractivity contribution in [2.75, 3.05) is 35.0 Å². The maximum atomic E-state index is 5.68. The lowest BCUT2D eigenvalue weighted by Crippen LogP contribution is -2.23. The van der Waals surface area contributed by atoms with E-state index in [4.69, 9.17) is 18.9 Å². The van der Waals surface area contributed by atoms with E-state index in [9.17, 15) is 0 Å². The third-order valence-electron chi connectivity index (χ3n) is 3.03. The Morgan fingerprint density at radius 3 is 1.90 bits per heavy atom. The van der Waals surface area contributed by atoms with Crippen LogP contribution in [0.25, 0.3) is 0 Å². The molecule has 1 N–H and O–H groups in total. The van der Waals surface area contributed by atoms with Crippen LogP contribution in [0.1, 0.15) is 25.5 Å². The van der Waals surface area contributed by atoms with Crippen LogP contribution in [0.3, 0.4) is 0 Å². The summed E-state index contributed by atoms with van der Waals surface area (Å²) in [4.78, 5) is 0. The Morgan fingerprint density at radius 2 is 1.55 bits per heavy atom. The van der Waals surface area contributed by atoms with Gasteiger partial charge >= 0.3 is 0 Å². The van der Waals surface area contributed by atoms with E-state index in [2.05, 4.69) is 5.32 Å². The highest BCUT2D eigenvalue weighted by Crippen LogP contribution is 2.39. The van der Waals surface area contributed by atoms with E-state index in [-0.39, 0.29) is 12.1 Å². The third-order valence-corrected chi connectivity index (χ3v) is 3.03. The van der Waals surface area contributed by atoms with Crippen LogP contribution in [-0.4, -0.2) is 41.1 Å². The first-order chi connectivity index (χ1) is 9.57. The zero-order chi connectivity index (χ0) is 15.1. The summed E-state index contributed by atoms with van der Waals surface area (Å²) in [6.45, 7) is 4.61. The molecule has 0 aliphatic rings. The molecule has 0 aliphatic heterocycles. The van der Waals surface area contributed by atoms with Gasteiger partial charge < -0.3 is 24.3 Å². The number of likely N-dealkylation sites (N-methyl/N-ethyl adjacent to an activating group) is 1.